The van der Waals surface area contributed by atoms with Crippen molar-refractivity contribution in [1.29, 1.82) is 0 Å². The highest BCUT2D eigenvalue weighted by Crippen LogP contribution is 2.63. The molecule has 0 bridgehead atoms. The van der Waals surface area contributed by atoms with Crippen molar-refractivity contribution >= 4 is 11.6 Å². The molecule has 188 valence electrons. The molecule has 0 N–H and O–H groups in total. The van der Waals surface area contributed by atoms with Crippen LogP contribution in [0, 0.1) is 0 Å². The Kier molecular flexibility index (Phi) is 5.04. The van der Waals surface area contributed by atoms with Crippen molar-refractivity contribution in [2.24, 2.45) is 0 Å². The second kappa shape index (κ2) is 7.61. The Bertz CT molecular complexity index is 1500. The van der Waals surface area contributed by atoms with Crippen LogP contribution in [0.5, 0.6) is 0 Å². The van der Waals surface area contributed by atoms with Crippen molar-refractivity contribution in [2.75, 3.05) is 0 Å². The lowest BCUT2D eigenvalue weighted by atomic mass is 9.54. The van der Waals surface area contributed by atoms with E-state index >= 15 is 0 Å². The molecule has 0 fully saturated rings. The summed E-state index contributed by atoms with van der Waals surface area (Å²) in [5.41, 5.74) is 13.2. The summed E-state index contributed by atoms with van der Waals surface area (Å²) in [7, 11) is 0. The van der Waals surface area contributed by atoms with Crippen LogP contribution < -0.4 is 0 Å². The summed E-state index contributed by atoms with van der Waals surface area (Å²) in [6.07, 6.45) is 0. The topological polar surface area (TPSA) is 0 Å². The zero-order valence-electron chi connectivity index (χ0n) is 23.4. The van der Waals surface area contributed by atoms with Crippen LogP contribution in [-0.4, -0.2) is 0 Å². The monoisotopic (exact) mass is 504 g/mol. The van der Waals surface area contributed by atoms with Gasteiger partial charge in [-0.25, -0.2) is 0 Å². The van der Waals surface area contributed by atoms with Gasteiger partial charge in [0.15, 0.2) is 0 Å². The normalized spacial score (nSPS) is 16.7. The average molecular weight is 505 g/mol. The van der Waals surface area contributed by atoms with Crippen LogP contribution in [0.15, 0.2) is 78.9 Å². The van der Waals surface area contributed by atoms with Gasteiger partial charge in [-0.2, -0.15) is 0 Å². The van der Waals surface area contributed by atoms with E-state index in [1.165, 1.54) is 55.6 Å². The van der Waals surface area contributed by atoms with Crippen molar-refractivity contribution in [2.45, 2.75) is 77.0 Å². The smallest absolute Gasteiger partial charge is 0.0720 e. The van der Waals surface area contributed by atoms with Gasteiger partial charge in [0.2, 0.25) is 0 Å². The molecule has 2 aliphatic rings. The lowest BCUT2D eigenvalue weighted by Crippen LogP contribution is -2.41. The van der Waals surface area contributed by atoms with Crippen LogP contribution in [0.2, 0.25) is 5.02 Å². The minimum absolute atomic E-state index is 0.0448. The molecule has 0 radical (unpaired) electrons. The number of benzene rings is 4. The fourth-order valence-corrected chi connectivity index (χ4v) is 7.03. The second-order valence-electron chi connectivity index (χ2n) is 13.6. The summed E-state index contributed by atoms with van der Waals surface area (Å²) in [4.78, 5) is 0. The third-order valence-electron chi connectivity index (χ3n) is 8.93. The molecule has 0 aromatic heterocycles. The summed E-state index contributed by atoms with van der Waals surface area (Å²) in [6, 6.07) is 30.0. The predicted octanol–water partition coefficient (Wildman–Crippen LogP) is 9.94. The van der Waals surface area contributed by atoms with Crippen LogP contribution >= 0.6 is 11.6 Å². The first-order valence-electron chi connectivity index (χ1n) is 13.5. The highest BCUT2D eigenvalue weighted by molar-refractivity contribution is 6.30. The van der Waals surface area contributed by atoms with E-state index in [0.717, 1.165) is 5.02 Å². The highest BCUT2D eigenvalue weighted by atomic mass is 35.5. The van der Waals surface area contributed by atoms with Crippen molar-refractivity contribution in [1.82, 2.24) is 0 Å². The molecule has 0 saturated heterocycles. The first-order valence-corrected chi connectivity index (χ1v) is 13.9. The van der Waals surface area contributed by atoms with Gasteiger partial charge >= 0.3 is 0 Å². The molecule has 4 aromatic carbocycles. The van der Waals surface area contributed by atoms with Gasteiger partial charge in [0.05, 0.1) is 5.41 Å². The third-order valence-corrected chi connectivity index (χ3v) is 9.17. The van der Waals surface area contributed by atoms with E-state index in [2.05, 4.69) is 128 Å². The van der Waals surface area contributed by atoms with Gasteiger partial charge in [0.1, 0.15) is 0 Å². The number of hydrogen-bond donors (Lipinski definition) is 0. The average Bonchev–Trinajstić information content (AvgIpc) is 3.11. The Labute approximate surface area is 227 Å². The number of halogens is 1. The summed E-state index contributed by atoms with van der Waals surface area (Å²) < 4.78 is 0. The summed E-state index contributed by atoms with van der Waals surface area (Å²) in [5, 5.41) is 0.790. The van der Waals surface area contributed by atoms with Crippen LogP contribution in [0.1, 0.15) is 99.9 Å². The predicted molar refractivity (Wildman–Crippen MR) is 158 cm³/mol. The molecule has 0 saturated carbocycles. The van der Waals surface area contributed by atoms with Crippen LogP contribution in [0.3, 0.4) is 0 Å². The Morgan fingerprint density at radius 1 is 0.514 bits per heavy atom. The molecule has 0 atom stereocenters. The van der Waals surface area contributed by atoms with Gasteiger partial charge in [-0.3, -0.25) is 0 Å². The second-order valence-corrected chi connectivity index (χ2v) is 14.1. The first kappa shape index (κ1) is 24.5. The molecule has 6 rings (SSSR count). The number of rotatable bonds is 0. The van der Waals surface area contributed by atoms with Crippen LogP contribution in [0.25, 0.3) is 11.1 Å². The third kappa shape index (κ3) is 3.28. The van der Waals surface area contributed by atoms with Gasteiger partial charge in [0.25, 0.3) is 0 Å². The molecule has 1 spiro atoms. The van der Waals surface area contributed by atoms with E-state index in [1.54, 1.807) is 0 Å². The Morgan fingerprint density at radius 2 is 1.03 bits per heavy atom. The fraction of sp³-hybridized carbons (Fsp3) is 0.333. The Balaban J connectivity index is 1.87. The maximum atomic E-state index is 6.79. The van der Waals surface area contributed by atoms with E-state index in [0.29, 0.717) is 0 Å². The molecule has 0 amide bonds. The number of fused-ring (bicyclic) bond motifs is 9. The molecule has 37 heavy (non-hydrogen) atoms. The van der Waals surface area contributed by atoms with E-state index in [-0.39, 0.29) is 16.2 Å². The van der Waals surface area contributed by atoms with Crippen LogP contribution in [0.4, 0.5) is 0 Å². The zero-order chi connectivity index (χ0) is 26.5. The van der Waals surface area contributed by atoms with Gasteiger partial charge in [-0.1, -0.05) is 134 Å². The summed E-state index contributed by atoms with van der Waals surface area (Å²) in [5.74, 6) is 0. The molecular formula is C36H37Cl. The van der Waals surface area contributed by atoms with Crippen molar-refractivity contribution in [3.05, 3.63) is 128 Å². The van der Waals surface area contributed by atoms with Gasteiger partial charge in [-0.15, -0.1) is 0 Å². The summed E-state index contributed by atoms with van der Waals surface area (Å²) >= 11 is 6.79. The largest absolute Gasteiger partial charge is 0.0843 e. The quantitative estimate of drug-likeness (QED) is 0.197. The Morgan fingerprint density at radius 3 is 1.57 bits per heavy atom. The molecular weight excluding hydrogens is 468 g/mol. The van der Waals surface area contributed by atoms with Gasteiger partial charge < -0.3 is 0 Å². The molecule has 1 heteroatoms. The van der Waals surface area contributed by atoms with Crippen molar-refractivity contribution in [3.63, 3.8) is 0 Å². The van der Waals surface area contributed by atoms with Crippen LogP contribution in [-0.2, 0) is 21.7 Å². The summed E-state index contributed by atoms with van der Waals surface area (Å²) in [6.45, 7) is 18.7. The molecule has 4 aromatic rings. The molecule has 0 unspecified atom stereocenters. The van der Waals surface area contributed by atoms with Gasteiger partial charge in [0, 0.05) is 10.4 Å². The van der Waals surface area contributed by atoms with Gasteiger partial charge in [-0.05, 0) is 78.6 Å². The first-order chi connectivity index (χ1) is 17.3. The fourth-order valence-electron chi connectivity index (χ4n) is 6.85. The van der Waals surface area contributed by atoms with E-state index in [1.807, 2.05) is 6.07 Å². The van der Waals surface area contributed by atoms with Crippen molar-refractivity contribution in [3.8, 4) is 11.1 Å². The molecule has 2 aliphatic carbocycles. The molecule has 0 aliphatic heterocycles. The molecule has 0 nitrogen and oxygen atoms in total. The number of hydrogen-bond acceptors (Lipinski definition) is 0. The minimum atomic E-state index is -0.417. The lowest BCUT2D eigenvalue weighted by Gasteiger charge is -2.47. The van der Waals surface area contributed by atoms with E-state index in [9.17, 15) is 0 Å². The Hall–Kier alpha value is -2.83. The van der Waals surface area contributed by atoms with E-state index in [4.69, 9.17) is 11.6 Å². The van der Waals surface area contributed by atoms with Crippen molar-refractivity contribution < 1.29 is 0 Å². The highest BCUT2D eigenvalue weighted by Gasteiger charge is 2.53. The standard InChI is InChI=1S/C36H37Cl/c1-33(2,3)22-13-17-28-31(19-22)36(32-20-23(34(4,5)6)14-18-29(32)35(28,7)8)27-12-10-9-11-25(27)26-16-15-24(37)21-30(26)36/h9-21H,1-8H3. The molecule has 0 heterocycles. The lowest BCUT2D eigenvalue weighted by molar-refractivity contribution is 0.544. The maximum absolute atomic E-state index is 6.79. The van der Waals surface area contributed by atoms with E-state index < -0.39 is 5.41 Å². The zero-order valence-corrected chi connectivity index (χ0v) is 24.1. The SMILES string of the molecule is CC(C)(C)c1ccc2c(c1)C1(c3ccccc3-c3ccc(Cl)cc31)c1cc(C(C)(C)C)ccc1C2(C)C. The minimum Gasteiger partial charge on any atom is -0.0843 e. The maximum Gasteiger partial charge on any atom is 0.0720 e.